The fraction of sp³-hybridized carbons (Fsp3) is 0.500. The predicted octanol–water partition coefficient (Wildman–Crippen LogP) is 3.08. The molecule has 1 aliphatic rings. The van der Waals surface area contributed by atoms with E-state index in [0.29, 0.717) is 5.25 Å². The predicted molar refractivity (Wildman–Crippen MR) is 60.6 cm³/mol. The number of hydrogen-bond donors (Lipinski definition) is 1. The quantitative estimate of drug-likeness (QED) is 0.806. The number of rotatable bonds is 2. The molecule has 2 heteroatoms. The van der Waals surface area contributed by atoms with E-state index in [0.717, 1.165) is 12.8 Å². The van der Waals surface area contributed by atoms with Crippen LogP contribution in [-0.2, 0) is 0 Å². The number of hydrogen-bond acceptors (Lipinski definition) is 2. The molecule has 0 radical (unpaired) electrons. The van der Waals surface area contributed by atoms with Gasteiger partial charge < -0.3 is 5.11 Å². The van der Waals surface area contributed by atoms with Crippen LogP contribution in [0.25, 0.3) is 0 Å². The van der Waals surface area contributed by atoms with Gasteiger partial charge in [0.2, 0.25) is 0 Å². The number of aliphatic hydroxyl groups excluding tert-OH is 1. The highest BCUT2D eigenvalue weighted by Crippen LogP contribution is 2.33. The van der Waals surface area contributed by atoms with Crippen LogP contribution in [0.2, 0.25) is 0 Å². The molecule has 1 aliphatic carbocycles. The molecule has 1 N–H and O–H groups in total. The van der Waals surface area contributed by atoms with Gasteiger partial charge in [0.15, 0.2) is 0 Å². The third kappa shape index (κ3) is 2.52. The first kappa shape index (κ1) is 10.1. The Morgan fingerprint density at radius 2 is 1.79 bits per heavy atom. The summed E-state index contributed by atoms with van der Waals surface area (Å²) in [4.78, 5) is 1.28. The molecule has 0 amide bonds. The van der Waals surface area contributed by atoms with Crippen molar-refractivity contribution in [3.05, 3.63) is 30.3 Å². The topological polar surface area (TPSA) is 20.2 Å². The molecule has 1 unspecified atom stereocenters. The summed E-state index contributed by atoms with van der Waals surface area (Å²) >= 11 is 1.82. The van der Waals surface area contributed by atoms with E-state index in [1.807, 2.05) is 17.8 Å². The maximum Gasteiger partial charge on any atom is 0.0662 e. The van der Waals surface area contributed by atoms with Crippen LogP contribution in [0.3, 0.4) is 0 Å². The molecule has 1 nitrogen and oxygen atoms in total. The lowest BCUT2D eigenvalue weighted by Crippen LogP contribution is -2.26. The van der Waals surface area contributed by atoms with Crippen LogP contribution in [0, 0.1) is 0 Å². The zero-order valence-corrected chi connectivity index (χ0v) is 9.04. The SMILES string of the molecule is O[C@H]1CCCCC1Sc1ccccc1. The van der Waals surface area contributed by atoms with Crippen molar-refractivity contribution in [3.63, 3.8) is 0 Å². The van der Waals surface area contributed by atoms with Crippen LogP contribution in [0.15, 0.2) is 35.2 Å². The molecule has 0 heterocycles. The van der Waals surface area contributed by atoms with Crippen molar-refractivity contribution >= 4 is 11.8 Å². The Bertz CT molecular complexity index is 273. The molecule has 76 valence electrons. The summed E-state index contributed by atoms with van der Waals surface area (Å²) in [5.74, 6) is 0. The lowest BCUT2D eigenvalue weighted by atomic mass is 9.97. The summed E-state index contributed by atoms with van der Waals surface area (Å²) in [5, 5.41) is 10.2. The molecule has 14 heavy (non-hydrogen) atoms. The number of thioether (sulfide) groups is 1. The molecule has 0 aromatic heterocycles. The van der Waals surface area contributed by atoms with Gasteiger partial charge in [-0.15, -0.1) is 11.8 Å². The molecular formula is C12H16OS. The largest absolute Gasteiger partial charge is 0.392 e. The van der Waals surface area contributed by atoms with E-state index in [4.69, 9.17) is 0 Å². The van der Waals surface area contributed by atoms with Gasteiger partial charge in [0, 0.05) is 10.1 Å². The Morgan fingerprint density at radius 3 is 2.50 bits per heavy atom. The Morgan fingerprint density at radius 1 is 1.07 bits per heavy atom. The van der Waals surface area contributed by atoms with E-state index in [-0.39, 0.29) is 6.10 Å². The third-order valence-corrected chi connectivity index (χ3v) is 4.10. The van der Waals surface area contributed by atoms with Crippen LogP contribution < -0.4 is 0 Å². The Balaban J connectivity index is 1.96. The summed E-state index contributed by atoms with van der Waals surface area (Å²) in [6.45, 7) is 0. The third-order valence-electron chi connectivity index (χ3n) is 2.70. The van der Waals surface area contributed by atoms with E-state index in [2.05, 4.69) is 24.3 Å². The first-order valence-corrected chi connectivity index (χ1v) is 6.14. The van der Waals surface area contributed by atoms with Gasteiger partial charge in [-0.2, -0.15) is 0 Å². The maximum atomic E-state index is 9.81. The summed E-state index contributed by atoms with van der Waals surface area (Å²) in [5.41, 5.74) is 0. The highest BCUT2D eigenvalue weighted by Gasteiger charge is 2.23. The summed E-state index contributed by atoms with van der Waals surface area (Å²) in [6, 6.07) is 10.4. The van der Waals surface area contributed by atoms with Crippen molar-refractivity contribution < 1.29 is 5.11 Å². The molecular weight excluding hydrogens is 192 g/mol. The molecule has 0 saturated heterocycles. The Labute approximate surface area is 89.5 Å². The van der Waals surface area contributed by atoms with Crippen LogP contribution in [0.5, 0.6) is 0 Å². The zero-order valence-electron chi connectivity index (χ0n) is 8.23. The van der Waals surface area contributed by atoms with Gasteiger partial charge in [-0.3, -0.25) is 0 Å². The lowest BCUT2D eigenvalue weighted by Gasteiger charge is -2.26. The highest BCUT2D eigenvalue weighted by molar-refractivity contribution is 8.00. The van der Waals surface area contributed by atoms with Crippen molar-refractivity contribution in [2.75, 3.05) is 0 Å². The van der Waals surface area contributed by atoms with Crippen molar-refractivity contribution in [1.29, 1.82) is 0 Å². The van der Waals surface area contributed by atoms with Crippen molar-refractivity contribution in [2.45, 2.75) is 41.9 Å². The molecule has 0 spiro atoms. The standard InChI is InChI=1S/C12H16OS/c13-11-8-4-5-9-12(11)14-10-6-2-1-3-7-10/h1-3,6-7,11-13H,4-5,8-9H2/t11-,12?/m0/s1. The highest BCUT2D eigenvalue weighted by atomic mass is 32.2. The average molecular weight is 208 g/mol. The van der Waals surface area contributed by atoms with Crippen molar-refractivity contribution in [2.24, 2.45) is 0 Å². The zero-order chi connectivity index (χ0) is 9.80. The van der Waals surface area contributed by atoms with Crippen LogP contribution in [0.4, 0.5) is 0 Å². The Kier molecular flexibility index (Phi) is 3.49. The molecule has 1 aromatic carbocycles. The van der Waals surface area contributed by atoms with E-state index in [1.54, 1.807) is 0 Å². The molecule has 0 bridgehead atoms. The fourth-order valence-corrected chi connectivity index (χ4v) is 3.13. The average Bonchev–Trinajstić information content (AvgIpc) is 2.23. The smallest absolute Gasteiger partial charge is 0.0662 e. The number of benzene rings is 1. The summed E-state index contributed by atoms with van der Waals surface area (Å²) in [6.07, 6.45) is 4.48. The second kappa shape index (κ2) is 4.85. The maximum absolute atomic E-state index is 9.81. The molecule has 1 saturated carbocycles. The van der Waals surface area contributed by atoms with Gasteiger partial charge >= 0.3 is 0 Å². The van der Waals surface area contributed by atoms with E-state index in [1.165, 1.54) is 17.7 Å². The first-order valence-electron chi connectivity index (χ1n) is 5.26. The van der Waals surface area contributed by atoms with Crippen molar-refractivity contribution in [3.8, 4) is 0 Å². The molecule has 2 atom stereocenters. The molecule has 2 rings (SSSR count). The molecule has 1 aromatic rings. The lowest BCUT2D eigenvalue weighted by molar-refractivity contribution is 0.137. The normalized spacial score (nSPS) is 27.5. The van der Waals surface area contributed by atoms with E-state index >= 15 is 0 Å². The van der Waals surface area contributed by atoms with Gasteiger partial charge in [0.25, 0.3) is 0 Å². The minimum atomic E-state index is -0.103. The first-order chi connectivity index (χ1) is 6.86. The van der Waals surface area contributed by atoms with Crippen LogP contribution >= 0.6 is 11.8 Å². The van der Waals surface area contributed by atoms with Gasteiger partial charge in [0.05, 0.1) is 6.10 Å². The summed E-state index contributed by atoms with van der Waals surface area (Å²) in [7, 11) is 0. The second-order valence-electron chi connectivity index (χ2n) is 3.82. The van der Waals surface area contributed by atoms with Crippen molar-refractivity contribution in [1.82, 2.24) is 0 Å². The molecule has 0 aliphatic heterocycles. The minimum absolute atomic E-state index is 0.103. The van der Waals surface area contributed by atoms with Crippen LogP contribution in [0.1, 0.15) is 25.7 Å². The second-order valence-corrected chi connectivity index (χ2v) is 5.13. The van der Waals surface area contributed by atoms with Gasteiger partial charge in [0.1, 0.15) is 0 Å². The van der Waals surface area contributed by atoms with Gasteiger partial charge in [-0.1, -0.05) is 31.0 Å². The van der Waals surface area contributed by atoms with Crippen LogP contribution in [-0.4, -0.2) is 16.5 Å². The minimum Gasteiger partial charge on any atom is -0.392 e. The van der Waals surface area contributed by atoms with Gasteiger partial charge in [-0.25, -0.2) is 0 Å². The summed E-state index contributed by atoms with van der Waals surface area (Å²) < 4.78 is 0. The Hall–Kier alpha value is -0.470. The van der Waals surface area contributed by atoms with Gasteiger partial charge in [-0.05, 0) is 25.0 Å². The monoisotopic (exact) mass is 208 g/mol. The van der Waals surface area contributed by atoms with E-state index in [9.17, 15) is 5.11 Å². The van der Waals surface area contributed by atoms with E-state index < -0.39 is 0 Å². The molecule has 1 fully saturated rings. The number of aliphatic hydroxyl groups is 1. The fourth-order valence-electron chi connectivity index (χ4n) is 1.89.